The highest BCUT2D eigenvalue weighted by molar-refractivity contribution is 6.30. The molecule has 1 heterocycles. The summed E-state index contributed by atoms with van der Waals surface area (Å²) in [5.74, 6) is 0.266. The number of nitrogens with one attached hydrogen (secondary N) is 2. The molecular weight excluding hydrogens is 414 g/mol. The maximum atomic E-state index is 12.9. The maximum Gasteiger partial charge on any atom is 0.318 e. The molecule has 0 atom stereocenters. The predicted octanol–water partition coefficient (Wildman–Crippen LogP) is 4.98. The number of carbonyl (C=O) groups is 2. The molecule has 0 aliphatic heterocycles. The molecule has 0 saturated heterocycles. The predicted molar refractivity (Wildman–Crippen MR) is 126 cm³/mol. The fraction of sp³-hybridized carbons (Fsp3) is 0.522. The molecule has 0 spiro atoms. The summed E-state index contributed by atoms with van der Waals surface area (Å²) < 4.78 is 1.69. The number of hydrogen-bond acceptors (Lipinski definition) is 3. The molecule has 0 radical (unpaired) electrons. The van der Waals surface area contributed by atoms with Crippen molar-refractivity contribution in [3.05, 3.63) is 41.0 Å². The Morgan fingerprint density at radius 3 is 2.39 bits per heavy atom. The number of aromatic nitrogens is 2. The Morgan fingerprint density at radius 2 is 1.84 bits per heavy atom. The van der Waals surface area contributed by atoms with Crippen LogP contribution in [0.1, 0.15) is 60.1 Å². The van der Waals surface area contributed by atoms with Crippen molar-refractivity contribution in [3.8, 4) is 5.69 Å². The lowest BCUT2D eigenvalue weighted by molar-refractivity contribution is -0.117. The first-order chi connectivity index (χ1) is 14.5. The monoisotopic (exact) mass is 447 g/mol. The van der Waals surface area contributed by atoms with Crippen molar-refractivity contribution >= 4 is 29.4 Å². The Balaban J connectivity index is 2.23. The van der Waals surface area contributed by atoms with Gasteiger partial charge in [-0.3, -0.25) is 4.79 Å². The topological polar surface area (TPSA) is 79.3 Å². The van der Waals surface area contributed by atoms with E-state index < -0.39 is 0 Å². The van der Waals surface area contributed by atoms with E-state index in [4.69, 9.17) is 16.7 Å². The van der Waals surface area contributed by atoms with Gasteiger partial charge in [0.2, 0.25) is 5.91 Å². The highest BCUT2D eigenvalue weighted by Gasteiger charge is 2.24. The van der Waals surface area contributed by atoms with E-state index in [1.807, 2.05) is 32.0 Å². The van der Waals surface area contributed by atoms with Crippen LogP contribution in [0.5, 0.6) is 0 Å². The SMILES string of the molecule is CCCCNC(=O)N(CC(=O)Nc1cc(C(C)(C)C)nn1-c1ccc(Cl)cc1)C(C)C. The standard InChI is InChI=1S/C23H34ClN5O2/c1-7-8-13-25-22(31)28(16(2)3)15-21(30)26-20-14-19(23(4,5)6)27-29(20)18-11-9-17(24)10-12-18/h9-12,14,16H,7-8,13,15H2,1-6H3,(H,25,31)(H,26,30). The molecule has 8 heteroatoms. The van der Waals surface area contributed by atoms with E-state index in [9.17, 15) is 9.59 Å². The number of benzene rings is 1. The molecule has 1 aromatic carbocycles. The quantitative estimate of drug-likeness (QED) is 0.560. The van der Waals surface area contributed by atoms with E-state index in [1.165, 1.54) is 4.90 Å². The third-order valence-electron chi connectivity index (χ3n) is 4.82. The van der Waals surface area contributed by atoms with Crippen LogP contribution >= 0.6 is 11.6 Å². The largest absolute Gasteiger partial charge is 0.338 e. The number of rotatable bonds is 8. The van der Waals surface area contributed by atoms with Crippen LogP contribution in [-0.2, 0) is 10.2 Å². The van der Waals surface area contributed by atoms with E-state index in [1.54, 1.807) is 16.8 Å². The lowest BCUT2D eigenvalue weighted by Gasteiger charge is -2.26. The Labute approximate surface area is 190 Å². The number of unbranched alkanes of at least 4 members (excludes halogenated alkanes) is 1. The number of carbonyl (C=O) groups excluding carboxylic acids is 2. The molecule has 2 rings (SSSR count). The summed E-state index contributed by atoms with van der Waals surface area (Å²) >= 11 is 6.02. The van der Waals surface area contributed by atoms with E-state index in [-0.39, 0.29) is 29.9 Å². The van der Waals surface area contributed by atoms with Gasteiger partial charge < -0.3 is 15.5 Å². The average Bonchev–Trinajstić information content (AvgIpc) is 3.10. The first-order valence-electron chi connectivity index (χ1n) is 10.7. The van der Waals surface area contributed by atoms with Crippen molar-refractivity contribution in [2.75, 3.05) is 18.4 Å². The van der Waals surface area contributed by atoms with E-state index in [0.29, 0.717) is 17.4 Å². The highest BCUT2D eigenvalue weighted by atomic mass is 35.5. The molecule has 0 aliphatic rings. The molecule has 0 saturated carbocycles. The van der Waals surface area contributed by atoms with Crippen LogP contribution in [0.4, 0.5) is 10.6 Å². The van der Waals surface area contributed by atoms with Crippen LogP contribution in [0.3, 0.4) is 0 Å². The molecule has 2 N–H and O–H groups in total. The lowest BCUT2D eigenvalue weighted by Crippen LogP contribution is -2.47. The average molecular weight is 448 g/mol. The van der Waals surface area contributed by atoms with Gasteiger partial charge in [-0.05, 0) is 44.5 Å². The molecule has 2 aromatic rings. The van der Waals surface area contributed by atoms with Gasteiger partial charge in [-0.1, -0.05) is 45.7 Å². The zero-order valence-electron chi connectivity index (χ0n) is 19.3. The first kappa shape index (κ1) is 24.7. The number of anilines is 1. The molecular formula is C23H34ClN5O2. The fourth-order valence-electron chi connectivity index (χ4n) is 2.92. The number of halogens is 1. The van der Waals surface area contributed by atoms with Crippen LogP contribution in [0.2, 0.25) is 5.02 Å². The van der Waals surface area contributed by atoms with E-state index in [0.717, 1.165) is 24.2 Å². The number of hydrogen-bond donors (Lipinski definition) is 2. The third-order valence-corrected chi connectivity index (χ3v) is 5.07. The molecule has 3 amide bonds. The fourth-order valence-corrected chi connectivity index (χ4v) is 3.04. The zero-order valence-corrected chi connectivity index (χ0v) is 20.1. The van der Waals surface area contributed by atoms with Crippen molar-refractivity contribution in [2.24, 2.45) is 0 Å². The summed E-state index contributed by atoms with van der Waals surface area (Å²) in [6, 6.07) is 8.77. The zero-order chi connectivity index (χ0) is 23.2. The Bertz CT molecular complexity index is 884. The van der Waals surface area contributed by atoms with Crippen molar-refractivity contribution in [1.29, 1.82) is 0 Å². The first-order valence-corrected chi connectivity index (χ1v) is 11.1. The third kappa shape index (κ3) is 6.99. The summed E-state index contributed by atoms with van der Waals surface area (Å²) in [7, 11) is 0. The normalized spacial score (nSPS) is 11.5. The van der Waals surface area contributed by atoms with Crippen molar-refractivity contribution in [3.63, 3.8) is 0 Å². The van der Waals surface area contributed by atoms with Crippen LogP contribution in [0, 0.1) is 0 Å². The minimum Gasteiger partial charge on any atom is -0.338 e. The van der Waals surface area contributed by atoms with Gasteiger partial charge in [0.1, 0.15) is 12.4 Å². The van der Waals surface area contributed by atoms with Crippen LogP contribution in [0.15, 0.2) is 30.3 Å². The summed E-state index contributed by atoms with van der Waals surface area (Å²) in [4.78, 5) is 26.9. The van der Waals surface area contributed by atoms with Crippen molar-refractivity contribution < 1.29 is 9.59 Å². The summed E-state index contributed by atoms with van der Waals surface area (Å²) in [6.07, 6.45) is 1.90. The Morgan fingerprint density at radius 1 is 1.19 bits per heavy atom. The summed E-state index contributed by atoms with van der Waals surface area (Å²) in [5.41, 5.74) is 1.43. The van der Waals surface area contributed by atoms with Crippen molar-refractivity contribution in [2.45, 2.75) is 65.8 Å². The van der Waals surface area contributed by atoms with Gasteiger partial charge in [0.25, 0.3) is 0 Å². The second-order valence-corrected chi connectivity index (χ2v) is 9.34. The molecule has 0 unspecified atom stereocenters. The van der Waals surface area contributed by atoms with E-state index in [2.05, 4.69) is 38.3 Å². The number of nitrogens with zero attached hydrogens (tertiary/aromatic N) is 3. The van der Waals surface area contributed by atoms with Gasteiger partial charge in [-0.25, -0.2) is 9.48 Å². The van der Waals surface area contributed by atoms with Gasteiger partial charge in [-0.2, -0.15) is 5.10 Å². The van der Waals surface area contributed by atoms with Crippen LogP contribution in [-0.4, -0.2) is 45.8 Å². The molecule has 0 aliphatic carbocycles. The molecule has 0 bridgehead atoms. The minimum absolute atomic E-state index is 0.0493. The smallest absolute Gasteiger partial charge is 0.318 e. The van der Waals surface area contributed by atoms with Crippen molar-refractivity contribution in [1.82, 2.24) is 20.0 Å². The Hall–Kier alpha value is -2.54. The Kier molecular flexibility index (Phi) is 8.51. The second-order valence-electron chi connectivity index (χ2n) is 8.91. The summed E-state index contributed by atoms with van der Waals surface area (Å²) in [5, 5.41) is 11.1. The van der Waals surface area contributed by atoms with Gasteiger partial charge >= 0.3 is 6.03 Å². The van der Waals surface area contributed by atoms with Gasteiger partial charge in [0.15, 0.2) is 0 Å². The summed E-state index contributed by atoms with van der Waals surface area (Å²) in [6.45, 7) is 12.6. The maximum absolute atomic E-state index is 12.9. The molecule has 170 valence electrons. The molecule has 0 fully saturated rings. The van der Waals surface area contributed by atoms with Gasteiger partial charge in [0, 0.05) is 29.1 Å². The molecule has 1 aromatic heterocycles. The lowest BCUT2D eigenvalue weighted by atomic mass is 9.92. The minimum atomic E-state index is -0.282. The van der Waals surface area contributed by atoms with Crippen LogP contribution in [0.25, 0.3) is 5.69 Å². The van der Waals surface area contributed by atoms with E-state index >= 15 is 0 Å². The number of urea groups is 1. The highest BCUT2D eigenvalue weighted by Crippen LogP contribution is 2.26. The van der Waals surface area contributed by atoms with Gasteiger partial charge in [0.05, 0.1) is 11.4 Å². The molecule has 31 heavy (non-hydrogen) atoms. The van der Waals surface area contributed by atoms with Crippen LogP contribution < -0.4 is 10.6 Å². The molecule has 7 nitrogen and oxygen atoms in total. The number of amides is 3. The second kappa shape index (κ2) is 10.7. The van der Waals surface area contributed by atoms with Gasteiger partial charge in [-0.15, -0.1) is 0 Å².